The molecule has 0 saturated carbocycles. The van der Waals surface area contributed by atoms with Crippen molar-refractivity contribution in [1.82, 2.24) is 4.90 Å². The fourth-order valence-corrected chi connectivity index (χ4v) is 2.15. The third-order valence-electron chi connectivity index (χ3n) is 2.14. The van der Waals surface area contributed by atoms with Gasteiger partial charge in [0.1, 0.15) is 6.04 Å². The quantitative estimate of drug-likeness (QED) is 0.573. The van der Waals surface area contributed by atoms with E-state index in [2.05, 4.69) is 0 Å². The maximum atomic E-state index is 11.4. The van der Waals surface area contributed by atoms with E-state index in [4.69, 9.17) is 74.3 Å². The van der Waals surface area contributed by atoms with Gasteiger partial charge in [-0.15, -0.1) is 0 Å². The summed E-state index contributed by atoms with van der Waals surface area (Å²) in [5, 5.41) is 9.83. The number of aliphatic hydroxyl groups is 1. The average Bonchev–Trinajstić information content (AvgIpc) is 2.40. The zero-order chi connectivity index (χ0) is 13.6. The standard InChI is InChI=1S/C7H7Cl6NO3/c1-2-3(15)17-5(7(11,12)13)14(2)4(16)6(8,9)10/h2,4-5,16H,1H3/t2-,4+,5-/m1/s1. The summed E-state index contributed by atoms with van der Waals surface area (Å²) in [5.41, 5.74) is 0. The Balaban J connectivity index is 3.04. The molecule has 0 spiro atoms. The SMILES string of the molecule is C[C@@H]1C(=O)O[C@H](C(Cl)(Cl)Cl)N1[C@@H](O)C(Cl)(Cl)Cl. The minimum atomic E-state index is -2.07. The molecule has 0 bridgehead atoms. The van der Waals surface area contributed by atoms with Gasteiger partial charge in [-0.05, 0) is 6.92 Å². The van der Waals surface area contributed by atoms with Crippen LogP contribution in [0.5, 0.6) is 0 Å². The van der Waals surface area contributed by atoms with Crippen LogP contribution < -0.4 is 0 Å². The second-order valence-electron chi connectivity index (χ2n) is 3.37. The van der Waals surface area contributed by atoms with E-state index in [9.17, 15) is 9.90 Å². The van der Waals surface area contributed by atoms with Crippen LogP contribution in [0.2, 0.25) is 0 Å². The molecule has 0 unspecified atom stereocenters. The van der Waals surface area contributed by atoms with Gasteiger partial charge in [0.15, 0.2) is 6.23 Å². The van der Waals surface area contributed by atoms with Crippen LogP contribution in [0.3, 0.4) is 0 Å². The number of ether oxygens (including phenoxy) is 1. The number of hydrogen-bond donors (Lipinski definition) is 1. The van der Waals surface area contributed by atoms with E-state index in [0.717, 1.165) is 4.90 Å². The van der Waals surface area contributed by atoms with Gasteiger partial charge in [0, 0.05) is 0 Å². The molecular formula is C7H7Cl6NO3. The third kappa shape index (κ3) is 3.57. The van der Waals surface area contributed by atoms with Crippen molar-refractivity contribution in [2.45, 2.75) is 33.0 Å². The second-order valence-corrected chi connectivity index (χ2v) is 8.11. The van der Waals surface area contributed by atoms with Crippen molar-refractivity contribution in [3.05, 3.63) is 0 Å². The molecule has 4 nitrogen and oxygen atoms in total. The molecule has 0 amide bonds. The predicted octanol–water partition coefficient (Wildman–Crippen LogP) is 2.62. The summed E-state index contributed by atoms with van der Waals surface area (Å²) < 4.78 is 0.774. The lowest BCUT2D eigenvalue weighted by Crippen LogP contribution is -2.54. The van der Waals surface area contributed by atoms with Gasteiger partial charge in [-0.1, -0.05) is 69.6 Å². The summed E-state index contributed by atoms with van der Waals surface area (Å²) in [7, 11) is 0. The van der Waals surface area contributed by atoms with Crippen molar-refractivity contribution in [2.75, 3.05) is 0 Å². The molecule has 0 aromatic heterocycles. The van der Waals surface area contributed by atoms with Crippen LogP contribution in [0, 0.1) is 0 Å². The Labute approximate surface area is 128 Å². The van der Waals surface area contributed by atoms with E-state index >= 15 is 0 Å². The molecule has 1 aliphatic rings. The van der Waals surface area contributed by atoms with Crippen molar-refractivity contribution in [3.63, 3.8) is 0 Å². The molecule has 1 saturated heterocycles. The van der Waals surface area contributed by atoms with Gasteiger partial charge in [0.25, 0.3) is 0 Å². The Morgan fingerprint density at radius 1 is 1.29 bits per heavy atom. The number of rotatable bonds is 1. The highest BCUT2D eigenvalue weighted by molar-refractivity contribution is 6.68. The van der Waals surface area contributed by atoms with Gasteiger partial charge in [-0.3, -0.25) is 4.79 Å². The Morgan fingerprint density at radius 3 is 2.12 bits per heavy atom. The molecule has 10 heteroatoms. The van der Waals surface area contributed by atoms with Gasteiger partial charge < -0.3 is 9.84 Å². The van der Waals surface area contributed by atoms with Crippen LogP contribution in [0.15, 0.2) is 0 Å². The first-order chi connectivity index (χ1) is 7.46. The van der Waals surface area contributed by atoms with E-state index in [-0.39, 0.29) is 0 Å². The number of halogens is 6. The second kappa shape index (κ2) is 5.25. The number of cyclic esters (lactones) is 1. The fraction of sp³-hybridized carbons (Fsp3) is 0.857. The minimum absolute atomic E-state index is 0.686. The molecule has 1 aliphatic heterocycles. The third-order valence-corrected chi connectivity index (χ3v) is 3.29. The number of hydrogen-bond acceptors (Lipinski definition) is 4. The maximum absolute atomic E-state index is 11.4. The maximum Gasteiger partial charge on any atom is 0.325 e. The molecule has 100 valence electrons. The summed E-state index contributed by atoms with van der Waals surface area (Å²) in [6, 6.07) is -0.902. The molecule has 0 aromatic rings. The Hall–Kier alpha value is 1.13. The molecule has 0 radical (unpaired) electrons. The van der Waals surface area contributed by atoms with Crippen molar-refractivity contribution in [3.8, 4) is 0 Å². The molecule has 17 heavy (non-hydrogen) atoms. The Kier molecular flexibility index (Phi) is 5.00. The zero-order valence-corrected chi connectivity index (χ0v) is 12.7. The molecule has 3 atom stereocenters. The monoisotopic (exact) mass is 363 g/mol. The van der Waals surface area contributed by atoms with Crippen molar-refractivity contribution in [1.29, 1.82) is 0 Å². The van der Waals surface area contributed by atoms with Crippen LogP contribution in [-0.4, -0.2) is 42.1 Å². The van der Waals surface area contributed by atoms with E-state index < -0.39 is 32.1 Å². The number of alkyl halides is 6. The molecule has 1 fully saturated rings. The van der Waals surface area contributed by atoms with Crippen LogP contribution in [0.4, 0.5) is 0 Å². The first kappa shape index (κ1) is 16.2. The predicted molar refractivity (Wildman–Crippen MR) is 67.8 cm³/mol. The average molecular weight is 366 g/mol. The summed E-state index contributed by atoms with van der Waals surface area (Å²) in [5.74, 6) is -0.686. The molecule has 0 aliphatic carbocycles. The lowest BCUT2D eigenvalue weighted by atomic mass is 10.3. The van der Waals surface area contributed by atoms with Crippen molar-refractivity contribution in [2.24, 2.45) is 0 Å². The van der Waals surface area contributed by atoms with Gasteiger partial charge in [-0.2, -0.15) is 0 Å². The number of carbonyl (C=O) groups is 1. The molecule has 1 rings (SSSR count). The van der Waals surface area contributed by atoms with E-state index in [1.54, 1.807) is 0 Å². The topological polar surface area (TPSA) is 49.8 Å². The molecule has 1 heterocycles. The highest BCUT2D eigenvalue weighted by Gasteiger charge is 2.55. The van der Waals surface area contributed by atoms with Gasteiger partial charge in [-0.25, -0.2) is 4.90 Å². The van der Waals surface area contributed by atoms with Crippen LogP contribution in [0.25, 0.3) is 0 Å². The fourth-order valence-electron chi connectivity index (χ4n) is 1.34. The van der Waals surface area contributed by atoms with Gasteiger partial charge in [0.05, 0.1) is 0 Å². The molecular weight excluding hydrogens is 359 g/mol. The van der Waals surface area contributed by atoms with Crippen LogP contribution in [0.1, 0.15) is 6.92 Å². The summed E-state index contributed by atoms with van der Waals surface area (Å²) in [6.45, 7) is 1.43. The Bertz CT molecular complexity index is 314. The summed E-state index contributed by atoms with van der Waals surface area (Å²) in [4.78, 5) is 12.4. The first-order valence-corrected chi connectivity index (χ1v) is 6.52. The summed E-state index contributed by atoms with van der Waals surface area (Å²) >= 11 is 33.5. The van der Waals surface area contributed by atoms with E-state index in [1.165, 1.54) is 6.92 Å². The smallest absolute Gasteiger partial charge is 0.325 e. The number of nitrogens with zero attached hydrogens (tertiary/aromatic N) is 1. The van der Waals surface area contributed by atoms with Gasteiger partial charge >= 0.3 is 5.97 Å². The number of esters is 1. The largest absolute Gasteiger partial charge is 0.440 e. The van der Waals surface area contributed by atoms with Crippen molar-refractivity contribution < 1.29 is 14.6 Å². The van der Waals surface area contributed by atoms with Crippen LogP contribution in [-0.2, 0) is 9.53 Å². The normalized spacial score (nSPS) is 29.3. The first-order valence-electron chi connectivity index (χ1n) is 4.25. The molecule has 0 aromatic carbocycles. The van der Waals surface area contributed by atoms with Crippen molar-refractivity contribution >= 4 is 75.6 Å². The zero-order valence-electron chi connectivity index (χ0n) is 8.21. The minimum Gasteiger partial charge on any atom is -0.440 e. The number of aliphatic hydroxyl groups excluding tert-OH is 1. The van der Waals surface area contributed by atoms with E-state index in [1.807, 2.05) is 0 Å². The number of carbonyl (C=O) groups excluding carboxylic acids is 1. The molecule has 1 N–H and O–H groups in total. The highest BCUT2D eigenvalue weighted by Crippen LogP contribution is 2.43. The lowest BCUT2D eigenvalue weighted by Gasteiger charge is -2.35. The Morgan fingerprint density at radius 2 is 1.76 bits per heavy atom. The lowest BCUT2D eigenvalue weighted by molar-refractivity contribution is -0.142. The van der Waals surface area contributed by atoms with Gasteiger partial charge in [0.2, 0.25) is 13.8 Å². The highest BCUT2D eigenvalue weighted by atomic mass is 35.6. The summed E-state index contributed by atoms with van der Waals surface area (Å²) in [6.07, 6.45) is -2.99. The van der Waals surface area contributed by atoms with Crippen LogP contribution >= 0.6 is 69.6 Å². The van der Waals surface area contributed by atoms with E-state index in [0.29, 0.717) is 0 Å².